The molecule has 0 heterocycles. The van der Waals surface area contributed by atoms with E-state index in [0.29, 0.717) is 11.4 Å². The van der Waals surface area contributed by atoms with E-state index in [1.54, 1.807) is 12.1 Å². The summed E-state index contributed by atoms with van der Waals surface area (Å²) in [4.78, 5) is 0. The van der Waals surface area contributed by atoms with Crippen LogP contribution in [0.15, 0.2) is 42.5 Å². The van der Waals surface area contributed by atoms with Gasteiger partial charge in [-0.3, -0.25) is 0 Å². The zero-order valence-corrected chi connectivity index (χ0v) is 16.3. The lowest BCUT2D eigenvalue weighted by Crippen LogP contribution is -2.45. The van der Waals surface area contributed by atoms with Crippen molar-refractivity contribution < 1.29 is 22.6 Å². The number of hydrogen-bond donors (Lipinski definition) is 1. The van der Waals surface area contributed by atoms with Crippen molar-refractivity contribution >= 4 is 11.6 Å². The Bertz CT molecular complexity index is 795. The first-order valence-electron chi connectivity index (χ1n) is 9.24. The van der Waals surface area contributed by atoms with Crippen LogP contribution in [0.3, 0.4) is 0 Å². The summed E-state index contributed by atoms with van der Waals surface area (Å²) in [5.74, 6) is 0.590. The number of aryl methyl sites for hydroxylation is 1. The first kappa shape index (κ1) is 20.8. The van der Waals surface area contributed by atoms with E-state index in [1.807, 2.05) is 25.1 Å². The molecule has 3 rings (SSSR count). The Morgan fingerprint density at radius 2 is 1.75 bits per heavy atom. The zero-order chi connectivity index (χ0) is 20.3. The van der Waals surface area contributed by atoms with Gasteiger partial charge >= 0.3 is 6.36 Å². The van der Waals surface area contributed by atoms with Crippen LogP contribution >= 0.6 is 11.6 Å². The van der Waals surface area contributed by atoms with E-state index in [0.717, 1.165) is 36.1 Å². The van der Waals surface area contributed by atoms with Crippen molar-refractivity contribution in [1.29, 1.82) is 0 Å². The molecule has 2 aromatic carbocycles. The van der Waals surface area contributed by atoms with Gasteiger partial charge in [0.05, 0.1) is 0 Å². The van der Waals surface area contributed by atoms with E-state index in [1.165, 1.54) is 12.1 Å². The fourth-order valence-electron chi connectivity index (χ4n) is 3.65. The highest BCUT2D eigenvalue weighted by atomic mass is 35.5. The Labute approximate surface area is 167 Å². The predicted molar refractivity (Wildman–Crippen MR) is 103 cm³/mol. The van der Waals surface area contributed by atoms with Crippen molar-refractivity contribution in [2.75, 3.05) is 0 Å². The van der Waals surface area contributed by atoms with Crippen LogP contribution in [0.5, 0.6) is 11.5 Å². The van der Waals surface area contributed by atoms with Crippen molar-refractivity contribution in [3.8, 4) is 11.5 Å². The minimum Gasteiger partial charge on any atom is -0.490 e. The maximum Gasteiger partial charge on any atom is 0.573 e. The third-order valence-electron chi connectivity index (χ3n) is 5.10. The number of ether oxygens (including phenoxy) is 2. The van der Waals surface area contributed by atoms with Gasteiger partial charge < -0.3 is 15.2 Å². The number of rotatable bonds is 5. The molecule has 0 saturated heterocycles. The molecule has 152 valence electrons. The van der Waals surface area contributed by atoms with Crippen molar-refractivity contribution in [3.05, 3.63) is 58.6 Å². The van der Waals surface area contributed by atoms with E-state index < -0.39 is 6.36 Å². The molecule has 0 aliphatic heterocycles. The second kappa shape index (κ2) is 8.62. The number of nitrogens with two attached hydrogens (primary N) is 1. The van der Waals surface area contributed by atoms with Gasteiger partial charge in [-0.1, -0.05) is 23.7 Å². The molecule has 0 amide bonds. The van der Waals surface area contributed by atoms with Crippen molar-refractivity contribution in [2.24, 2.45) is 11.7 Å². The van der Waals surface area contributed by atoms with E-state index in [-0.39, 0.29) is 23.8 Å². The number of alkyl halides is 3. The van der Waals surface area contributed by atoms with Crippen LogP contribution in [-0.4, -0.2) is 18.5 Å². The molecule has 1 saturated carbocycles. The lowest BCUT2D eigenvalue weighted by Gasteiger charge is -2.36. The van der Waals surface area contributed by atoms with E-state index in [4.69, 9.17) is 22.1 Å². The largest absolute Gasteiger partial charge is 0.573 e. The summed E-state index contributed by atoms with van der Waals surface area (Å²) in [6.07, 6.45) is -1.36. The normalized spacial score (nSPS) is 22.7. The molecule has 7 heteroatoms. The highest BCUT2D eigenvalue weighted by molar-refractivity contribution is 6.31. The average Bonchev–Trinajstić information content (AvgIpc) is 2.61. The van der Waals surface area contributed by atoms with Crippen LogP contribution in [0.1, 0.15) is 30.4 Å². The third kappa shape index (κ3) is 5.55. The molecule has 3 nitrogen and oxygen atoms in total. The van der Waals surface area contributed by atoms with Crippen LogP contribution in [0.25, 0.3) is 0 Å². The lowest BCUT2D eigenvalue weighted by molar-refractivity contribution is -0.274. The lowest BCUT2D eigenvalue weighted by atomic mass is 9.79. The van der Waals surface area contributed by atoms with Crippen molar-refractivity contribution in [2.45, 2.75) is 51.1 Å². The first-order valence-corrected chi connectivity index (χ1v) is 9.62. The first-order chi connectivity index (χ1) is 13.2. The minimum absolute atomic E-state index is 0.0294. The van der Waals surface area contributed by atoms with E-state index in [2.05, 4.69) is 4.74 Å². The van der Waals surface area contributed by atoms with Crippen LogP contribution in [0.4, 0.5) is 13.2 Å². The molecule has 2 N–H and O–H groups in total. The summed E-state index contributed by atoms with van der Waals surface area (Å²) in [6, 6.07) is 11.5. The fraction of sp³-hybridized carbons (Fsp3) is 0.429. The molecule has 0 aromatic heterocycles. The molecule has 28 heavy (non-hydrogen) atoms. The highest BCUT2D eigenvalue weighted by Gasteiger charge is 2.33. The summed E-state index contributed by atoms with van der Waals surface area (Å²) < 4.78 is 47.1. The summed E-state index contributed by atoms with van der Waals surface area (Å²) in [7, 11) is 0. The standard InChI is InChI=1S/C21H23ClF3NO2/c1-13-11-16(9-10-18(13)22)27-20-4-2-3-19(26)17(20)12-14-5-7-15(8-6-14)28-21(23,24)25/h5-11,17,19-20H,2-4,12,26H2,1H3. The maximum absolute atomic E-state index is 12.3. The second-order valence-electron chi connectivity index (χ2n) is 7.22. The SMILES string of the molecule is Cc1cc(OC2CCCC(N)C2Cc2ccc(OC(F)(F)F)cc2)ccc1Cl. The van der Waals surface area contributed by atoms with Crippen LogP contribution in [0.2, 0.25) is 5.02 Å². The van der Waals surface area contributed by atoms with Crippen molar-refractivity contribution in [1.82, 2.24) is 0 Å². The van der Waals surface area contributed by atoms with Crippen molar-refractivity contribution in [3.63, 3.8) is 0 Å². The Balaban J connectivity index is 1.71. The Kier molecular flexibility index (Phi) is 6.40. The highest BCUT2D eigenvalue weighted by Crippen LogP contribution is 2.32. The monoisotopic (exact) mass is 413 g/mol. The molecule has 1 aliphatic carbocycles. The van der Waals surface area contributed by atoms with Crippen LogP contribution in [0, 0.1) is 12.8 Å². The van der Waals surface area contributed by atoms with Gasteiger partial charge in [-0.15, -0.1) is 13.2 Å². The quantitative estimate of drug-likeness (QED) is 0.687. The average molecular weight is 414 g/mol. The third-order valence-corrected chi connectivity index (χ3v) is 5.52. The summed E-state index contributed by atoms with van der Waals surface area (Å²) in [6.45, 7) is 1.92. The van der Waals surface area contributed by atoms with E-state index >= 15 is 0 Å². The van der Waals surface area contributed by atoms with Gasteiger partial charge in [0.1, 0.15) is 17.6 Å². The van der Waals surface area contributed by atoms with Crippen LogP contribution in [-0.2, 0) is 6.42 Å². The smallest absolute Gasteiger partial charge is 0.490 e. The predicted octanol–water partition coefficient (Wildman–Crippen LogP) is 5.66. The molecule has 0 spiro atoms. The van der Waals surface area contributed by atoms with Gasteiger partial charge in [0.25, 0.3) is 0 Å². The molecular weight excluding hydrogens is 391 g/mol. The van der Waals surface area contributed by atoms with Gasteiger partial charge in [0, 0.05) is 17.0 Å². The second-order valence-corrected chi connectivity index (χ2v) is 7.63. The fourth-order valence-corrected chi connectivity index (χ4v) is 3.77. The summed E-state index contributed by atoms with van der Waals surface area (Å²) >= 11 is 6.08. The minimum atomic E-state index is -4.69. The topological polar surface area (TPSA) is 44.5 Å². The van der Waals surface area contributed by atoms with Gasteiger partial charge in [-0.25, -0.2) is 0 Å². The zero-order valence-electron chi connectivity index (χ0n) is 15.5. The maximum atomic E-state index is 12.3. The molecular formula is C21H23ClF3NO2. The van der Waals surface area contributed by atoms with Gasteiger partial charge in [0.2, 0.25) is 0 Å². The number of halogens is 4. The van der Waals surface area contributed by atoms with Gasteiger partial charge in [-0.05, 0) is 74.1 Å². The molecule has 1 aliphatic rings. The van der Waals surface area contributed by atoms with Crippen LogP contribution < -0.4 is 15.2 Å². The van der Waals surface area contributed by atoms with Gasteiger partial charge in [-0.2, -0.15) is 0 Å². The van der Waals surface area contributed by atoms with E-state index in [9.17, 15) is 13.2 Å². The molecule has 2 aromatic rings. The number of benzene rings is 2. The Morgan fingerprint density at radius 1 is 1.07 bits per heavy atom. The summed E-state index contributed by atoms with van der Waals surface area (Å²) in [5, 5.41) is 0.686. The van der Waals surface area contributed by atoms with Gasteiger partial charge in [0.15, 0.2) is 0 Å². The molecule has 1 fully saturated rings. The Hall–Kier alpha value is -1.92. The number of hydrogen-bond acceptors (Lipinski definition) is 3. The molecule has 3 unspecified atom stereocenters. The Morgan fingerprint density at radius 3 is 2.39 bits per heavy atom. The molecule has 0 bridgehead atoms. The summed E-state index contributed by atoms with van der Waals surface area (Å²) in [5.41, 5.74) is 8.21. The molecule has 0 radical (unpaired) electrons. The molecule has 3 atom stereocenters.